The highest BCUT2D eigenvalue weighted by atomic mass is 19.1. The van der Waals surface area contributed by atoms with Crippen molar-refractivity contribution in [2.75, 3.05) is 7.11 Å². The third kappa shape index (κ3) is 4.07. The van der Waals surface area contributed by atoms with Gasteiger partial charge in [0.2, 0.25) is 0 Å². The molecule has 0 saturated carbocycles. The highest BCUT2D eigenvalue weighted by Gasteiger charge is 2.01. The Hall–Kier alpha value is -2.15. The van der Waals surface area contributed by atoms with Crippen molar-refractivity contribution in [3.63, 3.8) is 0 Å². The molecule has 0 saturated heterocycles. The SMILES string of the molecule is COC(=O)CC=Cc1ccc(F)c(CC#N)c1. The van der Waals surface area contributed by atoms with Crippen molar-refractivity contribution < 1.29 is 13.9 Å². The summed E-state index contributed by atoms with van der Waals surface area (Å²) in [5.74, 6) is -0.725. The van der Waals surface area contributed by atoms with Gasteiger partial charge in [-0.3, -0.25) is 4.79 Å². The van der Waals surface area contributed by atoms with Gasteiger partial charge < -0.3 is 4.74 Å². The number of rotatable bonds is 4. The molecule has 0 aliphatic rings. The molecule has 0 heterocycles. The van der Waals surface area contributed by atoms with Gasteiger partial charge in [-0.05, 0) is 17.7 Å². The van der Waals surface area contributed by atoms with Crippen molar-refractivity contribution in [2.24, 2.45) is 0 Å². The van der Waals surface area contributed by atoms with Crippen LogP contribution in [0.5, 0.6) is 0 Å². The molecule has 0 bridgehead atoms. The predicted octanol–water partition coefficient (Wildman–Crippen LogP) is 2.47. The number of nitrogens with zero attached hydrogens (tertiary/aromatic N) is 1. The number of halogens is 1. The Balaban J connectivity index is 2.75. The van der Waals surface area contributed by atoms with Crippen molar-refractivity contribution in [2.45, 2.75) is 12.8 Å². The Morgan fingerprint density at radius 2 is 2.35 bits per heavy atom. The summed E-state index contributed by atoms with van der Waals surface area (Å²) in [6.45, 7) is 0. The number of methoxy groups -OCH3 is 1. The van der Waals surface area contributed by atoms with E-state index < -0.39 is 5.82 Å². The summed E-state index contributed by atoms with van der Waals surface area (Å²) in [6, 6.07) is 6.38. The molecular formula is C13H12FNO2. The van der Waals surface area contributed by atoms with E-state index in [2.05, 4.69) is 4.74 Å². The van der Waals surface area contributed by atoms with Gasteiger partial charge in [-0.1, -0.05) is 18.2 Å². The Bertz CT molecular complexity index is 475. The fourth-order valence-electron chi connectivity index (χ4n) is 1.29. The first-order chi connectivity index (χ1) is 8.17. The highest BCUT2D eigenvalue weighted by molar-refractivity contribution is 5.72. The first kappa shape index (κ1) is 12.9. The van der Waals surface area contributed by atoms with Gasteiger partial charge in [-0.15, -0.1) is 0 Å². The first-order valence-electron chi connectivity index (χ1n) is 5.06. The molecule has 88 valence electrons. The van der Waals surface area contributed by atoms with Crippen molar-refractivity contribution >= 4 is 12.0 Å². The Labute approximate surface area is 99.1 Å². The molecule has 4 heteroatoms. The van der Waals surface area contributed by atoms with Crippen LogP contribution in [0.3, 0.4) is 0 Å². The largest absolute Gasteiger partial charge is 0.469 e. The number of nitriles is 1. The van der Waals surface area contributed by atoms with Crippen LogP contribution in [-0.4, -0.2) is 13.1 Å². The number of benzene rings is 1. The molecule has 0 N–H and O–H groups in total. The maximum atomic E-state index is 13.2. The second-order valence-corrected chi connectivity index (χ2v) is 3.37. The lowest BCUT2D eigenvalue weighted by atomic mass is 10.1. The number of carbonyl (C=O) groups excluding carboxylic acids is 1. The fraction of sp³-hybridized carbons (Fsp3) is 0.231. The predicted molar refractivity (Wildman–Crippen MR) is 61.4 cm³/mol. The summed E-state index contributed by atoms with van der Waals surface area (Å²) in [4.78, 5) is 10.8. The zero-order chi connectivity index (χ0) is 12.7. The number of hydrogen-bond acceptors (Lipinski definition) is 3. The standard InChI is InChI=1S/C13H12FNO2/c1-17-13(16)4-2-3-10-5-6-12(14)11(9-10)7-8-15/h2-3,5-6,9H,4,7H2,1H3. The molecule has 1 aromatic carbocycles. The zero-order valence-corrected chi connectivity index (χ0v) is 9.44. The third-order valence-corrected chi connectivity index (χ3v) is 2.16. The average Bonchev–Trinajstić information content (AvgIpc) is 2.33. The number of hydrogen-bond donors (Lipinski definition) is 0. The van der Waals surface area contributed by atoms with Gasteiger partial charge in [-0.2, -0.15) is 5.26 Å². The Morgan fingerprint density at radius 3 is 3.00 bits per heavy atom. The molecular weight excluding hydrogens is 221 g/mol. The van der Waals surface area contributed by atoms with Gasteiger partial charge in [0.25, 0.3) is 0 Å². The summed E-state index contributed by atoms with van der Waals surface area (Å²) >= 11 is 0. The van der Waals surface area contributed by atoms with Gasteiger partial charge in [0.15, 0.2) is 0 Å². The van der Waals surface area contributed by atoms with Crippen LogP contribution in [0, 0.1) is 17.1 Å². The molecule has 0 aliphatic heterocycles. The van der Waals surface area contributed by atoms with E-state index in [0.29, 0.717) is 5.56 Å². The van der Waals surface area contributed by atoms with Gasteiger partial charge in [-0.25, -0.2) is 4.39 Å². The van der Waals surface area contributed by atoms with Crippen molar-refractivity contribution in [3.05, 3.63) is 41.2 Å². The summed E-state index contributed by atoms with van der Waals surface area (Å²) in [5.41, 5.74) is 1.10. The number of esters is 1. The average molecular weight is 233 g/mol. The number of carbonyl (C=O) groups is 1. The minimum Gasteiger partial charge on any atom is -0.469 e. The van der Waals surface area contributed by atoms with E-state index in [9.17, 15) is 9.18 Å². The van der Waals surface area contributed by atoms with Gasteiger partial charge >= 0.3 is 5.97 Å². The van der Waals surface area contributed by atoms with Gasteiger partial charge in [0.05, 0.1) is 26.0 Å². The molecule has 3 nitrogen and oxygen atoms in total. The molecule has 0 aliphatic carbocycles. The van der Waals surface area contributed by atoms with Crippen LogP contribution >= 0.6 is 0 Å². The van der Waals surface area contributed by atoms with E-state index in [-0.39, 0.29) is 18.8 Å². The van der Waals surface area contributed by atoms with Crippen molar-refractivity contribution in [1.29, 1.82) is 5.26 Å². The lowest BCUT2D eigenvalue weighted by Gasteiger charge is -2.00. The molecule has 0 fully saturated rings. The smallest absolute Gasteiger partial charge is 0.309 e. The van der Waals surface area contributed by atoms with Crippen LogP contribution in [0.15, 0.2) is 24.3 Å². The molecule has 0 unspecified atom stereocenters. The molecule has 0 spiro atoms. The topological polar surface area (TPSA) is 50.1 Å². The maximum absolute atomic E-state index is 13.2. The lowest BCUT2D eigenvalue weighted by Crippen LogP contribution is -1.96. The molecule has 1 aromatic rings. The van der Waals surface area contributed by atoms with E-state index in [4.69, 9.17) is 5.26 Å². The van der Waals surface area contributed by atoms with E-state index in [0.717, 1.165) is 5.56 Å². The minimum absolute atomic E-state index is 0.0323. The van der Waals surface area contributed by atoms with Gasteiger partial charge in [0, 0.05) is 5.56 Å². The molecule has 0 radical (unpaired) electrons. The van der Waals surface area contributed by atoms with Crippen molar-refractivity contribution in [3.8, 4) is 6.07 Å². The third-order valence-electron chi connectivity index (χ3n) is 2.16. The van der Waals surface area contributed by atoms with Crippen molar-refractivity contribution in [1.82, 2.24) is 0 Å². The van der Waals surface area contributed by atoms with Crippen LogP contribution in [0.4, 0.5) is 4.39 Å². The molecule has 0 atom stereocenters. The second kappa shape index (κ2) is 6.44. The summed E-state index contributed by atoms with van der Waals surface area (Å²) < 4.78 is 17.7. The molecule has 0 aromatic heterocycles. The normalized spacial score (nSPS) is 10.2. The first-order valence-corrected chi connectivity index (χ1v) is 5.06. The zero-order valence-electron chi connectivity index (χ0n) is 9.44. The van der Waals surface area contributed by atoms with E-state index >= 15 is 0 Å². The van der Waals surface area contributed by atoms with Crippen LogP contribution in [0.1, 0.15) is 17.5 Å². The van der Waals surface area contributed by atoms with Crippen LogP contribution in [0.25, 0.3) is 6.08 Å². The molecule has 1 rings (SSSR count). The fourth-order valence-corrected chi connectivity index (χ4v) is 1.29. The maximum Gasteiger partial charge on any atom is 0.309 e. The minimum atomic E-state index is -0.392. The van der Waals surface area contributed by atoms with Crippen LogP contribution < -0.4 is 0 Å². The van der Waals surface area contributed by atoms with E-state index in [1.165, 1.54) is 13.2 Å². The molecule has 0 amide bonds. The quantitative estimate of drug-likeness (QED) is 0.750. The highest BCUT2D eigenvalue weighted by Crippen LogP contribution is 2.12. The summed E-state index contributed by atoms with van der Waals surface area (Å²) in [7, 11) is 1.32. The van der Waals surface area contributed by atoms with Crippen LogP contribution in [-0.2, 0) is 16.0 Å². The Morgan fingerprint density at radius 1 is 1.59 bits per heavy atom. The lowest BCUT2D eigenvalue weighted by molar-refractivity contribution is -0.139. The van der Waals surface area contributed by atoms with Crippen LogP contribution in [0.2, 0.25) is 0 Å². The van der Waals surface area contributed by atoms with Gasteiger partial charge in [0.1, 0.15) is 5.82 Å². The molecule has 17 heavy (non-hydrogen) atoms. The van der Waals surface area contributed by atoms with E-state index in [1.54, 1.807) is 24.3 Å². The Kier molecular flexibility index (Phi) is 4.89. The second-order valence-electron chi connectivity index (χ2n) is 3.37. The summed E-state index contributed by atoms with van der Waals surface area (Å²) in [5, 5.41) is 8.52. The number of ether oxygens (including phenoxy) is 1. The summed E-state index contributed by atoms with van der Waals surface area (Å²) in [6.07, 6.45) is 3.53. The monoisotopic (exact) mass is 233 g/mol. The van der Waals surface area contributed by atoms with E-state index in [1.807, 2.05) is 6.07 Å².